The first kappa shape index (κ1) is 20.8. The Morgan fingerprint density at radius 1 is 0.926 bits per heavy atom. The van der Waals surface area contributed by atoms with Crippen LogP contribution in [0.1, 0.15) is 62.1 Å². The monoisotopic (exact) mass is 392 g/mol. The van der Waals surface area contributed by atoms with E-state index in [0.717, 1.165) is 35.4 Å². The van der Waals surface area contributed by atoms with Crippen molar-refractivity contribution in [3.8, 4) is 0 Å². The normalized spacial score (nSPS) is 21.6. The van der Waals surface area contributed by atoms with Crippen molar-refractivity contribution < 1.29 is 8.42 Å². The summed E-state index contributed by atoms with van der Waals surface area (Å²) in [5.41, 5.74) is 2.86. The molecule has 2 saturated heterocycles. The fourth-order valence-corrected chi connectivity index (χ4v) is 7.05. The van der Waals surface area contributed by atoms with E-state index in [9.17, 15) is 8.42 Å². The van der Waals surface area contributed by atoms with Crippen molar-refractivity contribution in [1.29, 1.82) is 0 Å². The number of benzene rings is 1. The summed E-state index contributed by atoms with van der Waals surface area (Å²) in [5, 5.41) is 0. The van der Waals surface area contributed by atoms with Crippen molar-refractivity contribution in [2.45, 2.75) is 77.2 Å². The number of sulfonamides is 1. The zero-order valence-corrected chi connectivity index (χ0v) is 18.3. The van der Waals surface area contributed by atoms with Crippen LogP contribution in [0.15, 0.2) is 17.0 Å². The molecule has 0 N–H and O–H groups in total. The van der Waals surface area contributed by atoms with Gasteiger partial charge < -0.3 is 4.90 Å². The van der Waals surface area contributed by atoms with Gasteiger partial charge in [-0.3, -0.25) is 0 Å². The van der Waals surface area contributed by atoms with Crippen molar-refractivity contribution >= 4 is 10.0 Å². The van der Waals surface area contributed by atoms with E-state index < -0.39 is 10.0 Å². The van der Waals surface area contributed by atoms with Crippen LogP contribution < -0.4 is 0 Å². The predicted molar refractivity (Wildman–Crippen MR) is 112 cm³/mol. The first-order valence-electron chi connectivity index (χ1n) is 10.6. The Labute approximate surface area is 166 Å². The highest BCUT2D eigenvalue weighted by molar-refractivity contribution is 7.89. The Bertz CT molecular complexity index is 721. The fourth-order valence-electron chi connectivity index (χ4n) is 5.17. The lowest BCUT2D eigenvalue weighted by atomic mass is 9.90. The first-order valence-corrected chi connectivity index (χ1v) is 12.1. The SMILES string of the molecule is CCCC1CCN(C2CCN(S(=O)(=O)c3c(C)cc(C)cc3C)CC2)CC1. The number of aryl methyl sites for hydroxylation is 3. The molecule has 4 nitrogen and oxygen atoms in total. The molecule has 5 heteroatoms. The smallest absolute Gasteiger partial charge is 0.243 e. The van der Waals surface area contributed by atoms with E-state index in [4.69, 9.17) is 0 Å². The minimum Gasteiger partial charge on any atom is -0.300 e. The molecule has 1 aromatic carbocycles. The summed E-state index contributed by atoms with van der Waals surface area (Å²) in [6, 6.07) is 4.51. The van der Waals surface area contributed by atoms with E-state index >= 15 is 0 Å². The van der Waals surface area contributed by atoms with Gasteiger partial charge in [-0.1, -0.05) is 37.5 Å². The molecule has 0 spiro atoms. The lowest BCUT2D eigenvalue weighted by Gasteiger charge is -2.41. The molecular formula is C22H36N2O2S. The largest absolute Gasteiger partial charge is 0.300 e. The third-order valence-corrected chi connectivity index (χ3v) is 8.69. The maximum atomic E-state index is 13.3. The number of rotatable bonds is 5. The zero-order chi connectivity index (χ0) is 19.6. The molecule has 0 atom stereocenters. The van der Waals surface area contributed by atoms with Gasteiger partial charge in [0, 0.05) is 19.1 Å². The van der Waals surface area contributed by atoms with Crippen LogP contribution in [0.5, 0.6) is 0 Å². The van der Waals surface area contributed by atoms with Gasteiger partial charge in [0.25, 0.3) is 0 Å². The van der Waals surface area contributed by atoms with Crippen LogP contribution in [0.2, 0.25) is 0 Å². The molecule has 2 fully saturated rings. The molecule has 0 bridgehead atoms. The lowest BCUT2D eigenvalue weighted by molar-refractivity contribution is 0.0948. The van der Waals surface area contributed by atoms with Crippen LogP contribution in [-0.2, 0) is 10.0 Å². The molecule has 27 heavy (non-hydrogen) atoms. The molecular weight excluding hydrogens is 356 g/mol. The highest BCUT2D eigenvalue weighted by Gasteiger charge is 2.34. The maximum absolute atomic E-state index is 13.3. The third-order valence-electron chi connectivity index (χ3n) is 6.49. The topological polar surface area (TPSA) is 40.6 Å². The molecule has 0 aromatic heterocycles. The van der Waals surface area contributed by atoms with Gasteiger partial charge in [-0.25, -0.2) is 8.42 Å². The number of hydrogen-bond acceptors (Lipinski definition) is 3. The molecule has 2 aliphatic heterocycles. The molecule has 0 saturated carbocycles. The van der Waals surface area contributed by atoms with Crippen molar-refractivity contribution in [3.05, 3.63) is 28.8 Å². The Morgan fingerprint density at radius 3 is 2.00 bits per heavy atom. The van der Waals surface area contributed by atoms with E-state index in [-0.39, 0.29) is 0 Å². The van der Waals surface area contributed by atoms with Gasteiger partial charge in [-0.15, -0.1) is 0 Å². The van der Waals surface area contributed by atoms with Gasteiger partial charge in [-0.05, 0) is 76.6 Å². The maximum Gasteiger partial charge on any atom is 0.243 e. The van der Waals surface area contributed by atoms with Crippen LogP contribution in [-0.4, -0.2) is 49.8 Å². The van der Waals surface area contributed by atoms with E-state index in [1.807, 2.05) is 32.9 Å². The van der Waals surface area contributed by atoms with Crippen molar-refractivity contribution in [3.63, 3.8) is 0 Å². The Balaban J connectivity index is 1.62. The predicted octanol–water partition coefficient (Wildman–Crippen LogP) is 4.28. The van der Waals surface area contributed by atoms with Gasteiger partial charge in [0.05, 0.1) is 4.90 Å². The number of hydrogen-bond donors (Lipinski definition) is 0. The summed E-state index contributed by atoms with van der Waals surface area (Å²) in [7, 11) is -3.40. The summed E-state index contributed by atoms with van der Waals surface area (Å²) < 4.78 is 28.2. The fraction of sp³-hybridized carbons (Fsp3) is 0.727. The average Bonchev–Trinajstić information content (AvgIpc) is 2.61. The molecule has 0 unspecified atom stereocenters. The van der Waals surface area contributed by atoms with Crippen LogP contribution in [0.25, 0.3) is 0 Å². The quantitative estimate of drug-likeness (QED) is 0.751. The minimum absolute atomic E-state index is 0.520. The van der Waals surface area contributed by atoms with Gasteiger partial charge in [0.15, 0.2) is 0 Å². The van der Waals surface area contributed by atoms with Gasteiger partial charge >= 0.3 is 0 Å². The highest BCUT2D eigenvalue weighted by atomic mass is 32.2. The van der Waals surface area contributed by atoms with E-state index in [2.05, 4.69) is 11.8 Å². The summed E-state index contributed by atoms with van der Waals surface area (Å²) in [6.07, 6.45) is 7.20. The lowest BCUT2D eigenvalue weighted by Crippen LogP contribution is -2.49. The van der Waals surface area contributed by atoms with Crippen LogP contribution in [0.3, 0.4) is 0 Å². The number of likely N-dealkylation sites (tertiary alicyclic amines) is 1. The Morgan fingerprint density at radius 2 is 1.48 bits per heavy atom. The van der Waals surface area contributed by atoms with Crippen LogP contribution >= 0.6 is 0 Å². The minimum atomic E-state index is -3.40. The van der Waals surface area contributed by atoms with Gasteiger partial charge in [0.1, 0.15) is 0 Å². The molecule has 3 rings (SSSR count). The summed E-state index contributed by atoms with van der Waals surface area (Å²) in [4.78, 5) is 3.14. The van der Waals surface area contributed by atoms with Crippen LogP contribution in [0.4, 0.5) is 0 Å². The molecule has 1 aromatic rings. The Kier molecular flexibility index (Phi) is 6.65. The number of piperidine rings is 2. The molecule has 0 aliphatic carbocycles. The summed E-state index contributed by atoms with van der Waals surface area (Å²) in [5.74, 6) is 0.902. The summed E-state index contributed by atoms with van der Waals surface area (Å²) >= 11 is 0. The third kappa shape index (κ3) is 4.57. The second-order valence-electron chi connectivity index (χ2n) is 8.63. The first-order chi connectivity index (χ1) is 12.8. The number of nitrogens with zero attached hydrogens (tertiary/aromatic N) is 2. The van der Waals surface area contributed by atoms with Gasteiger partial charge in [0.2, 0.25) is 10.0 Å². The van der Waals surface area contributed by atoms with Gasteiger partial charge in [-0.2, -0.15) is 4.31 Å². The average molecular weight is 393 g/mol. The summed E-state index contributed by atoms with van der Waals surface area (Å²) in [6.45, 7) is 11.8. The molecule has 152 valence electrons. The van der Waals surface area contributed by atoms with Crippen molar-refractivity contribution in [2.24, 2.45) is 5.92 Å². The zero-order valence-electron chi connectivity index (χ0n) is 17.5. The standard InChI is InChI=1S/C22H36N2O2S/c1-5-6-20-7-11-23(12-8-20)21-9-13-24(14-10-21)27(25,26)22-18(3)15-17(2)16-19(22)4/h15-16,20-21H,5-14H2,1-4H3. The van der Waals surface area contributed by atoms with E-state index in [1.54, 1.807) is 4.31 Å². The molecule has 2 heterocycles. The molecule has 0 amide bonds. The van der Waals surface area contributed by atoms with Crippen molar-refractivity contribution in [2.75, 3.05) is 26.2 Å². The second kappa shape index (κ2) is 8.62. The van der Waals surface area contributed by atoms with Crippen LogP contribution in [0, 0.1) is 26.7 Å². The molecule has 0 radical (unpaired) electrons. The molecule has 2 aliphatic rings. The second-order valence-corrected chi connectivity index (χ2v) is 10.5. The van der Waals surface area contributed by atoms with E-state index in [1.165, 1.54) is 38.8 Å². The highest BCUT2D eigenvalue weighted by Crippen LogP contribution is 2.30. The Hall–Kier alpha value is -0.910. The van der Waals surface area contributed by atoms with Crippen molar-refractivity contribution in [1.82, 2.24) is 9.21 Å². The van der Waals surface area contributed by atoms with E-state index in [0.29, 0.717) is 24.0 Å².